The summed E-state index contributed by atoms with van der Waals surface area (Å²) < 4.78 is 43.0. The lowest BCUT2D eigenvalue weighted by Gasteiger charge is -2.09. The molecule has 2 aromatic rings. The second-order valence-electron chi connectivity index (χ2n) is 4.20. The number of benzene rings is 1. The summed E-state index contributed by atoms with van der Waals surface area (Å²) in [6.07, 6.45) is -1.51. The van der Waals surface area contributed by atoms with Gasteiger partial charge in [-0.15, -0.1) is 0 Å². The summed E-state index contributed by atoms with van der Waals surface area (Å²) >= 11 is 0. The van der Waals surface area contributed by atoms with E-state index in [9.17, 15) is 13.2 Å². The first kappa shape index (κ1) is 13.5. The first-order chi connectivity index (χ1) is 8.90. The zero-order valence-corrected chi connectivity index (χ0v) is 10.5. The summed E-state index contributed by atoms with van der Waals surface area (Å²) in [4.78, 5) is 0. The van der Waals surface area contributed by atoms with Gasteiger partial charge in [-0.1, -0.05) is 18.2 Å². The standard InChI is InChI=1S/C13H13F3N2O/c1-9-4-3-5-11(12(9)19-2)10-6-17-18(7-10)8-13(14,15)16/h3-7H,8H2,1-2H3. The van der Waals surface area contributed by atoms with Crippen LogP contribution in [0, 0.1) is 6.92 Å². The largest absolute Gasteiger partial charge is 0.496 e. The minimum atomic E-state index is -4.28. The molecule has 1 aromatic heterocycles. The van der Waals surface area contributed by atoms with Crippen LogP contribution in [0.15, 0.2) is 30.6 Å². The van der Waals surface area contributed by atoms with Crippen molar-refractivity contribution in [3.63, 3.8) is 0 Å². The SMILES string of the molecule is COc1c(C)cccc1-c1cnn(CC(F)(F)F)c1. The Morgan fingerprint density at radius 2 is 2.05 bits per heavy atom. The molecule has 0 amide bonds. The molecule has 1 heterocycles. The average molecular weight is 270 g/mol. The Bertz CT molecular complexity index is 576. The molecule has 0 atom stereocenters. The molecule has 0 aliphatic carbocycles. The quantitative estimate of drug-likeness (QED) is 0.854. The van der Waals surface area contributed by atoms with Crippen molar-refractivity contribution in [2.45, 2.75) is 19.6 Å². The van der Waals surface area contributed by atoms with Gasteiger partial charge in [0.2, 0.25) is 0 Å². The number of nitrogens with zero attached hydrogens (tertiary/aromatic N) is 2. The number of alkyl halides is 3. The van der Waals surface area contributed by atoms with Crippen LogP contribution in [-0.2, 0) is 6.54 Å². The highest BCUT2D eigenvalue weighted by atomic mass is 19.4. The van der Waals surface area contributed by atoms with Crippen LogP contribution in [0.5, 0.6) is 5.75 Å². The topological polar surface area (TPSA) is 27.1 Å². The maximum Gasteiger partial charge on any atom is 0.408 e. The lowest BCUT2D eigenvalue weighted by Crippen LogP contribution is -2.17. The van der Waals surface area contributed by atoms with Crippen molar-refractivity contribution < 1.29 is 17.9 Å². The lowest BCUT2D eigenvalue weighted by molar-refractivity contribution is -0.142. The molecule has 0 saturated carbocycles. The van der Waals surface area contributed by atoms with Gasteiger partial charge in [-0.3, -0.25) is 4.68 Å². The van der Waals surface area contributed by atoms with E-state index < -0.39 is 12.7 Å². The summed E-state index contributed by atoms with van der Waals surface area (Å²) in [6.45, 7) is 0.781. The summed E-state index contributed by atoms with van der Waals surface area (Å²) in [7, 11) is 1.53. The zero-order chi connectivity index (χ0) is 14.0. The van der Waals surface area contributed by atoms with Crippen molar-refractivity contribution in [2.24, 2.45) is 0 Å². The van der Waals surface area contributed by atoms with Crippen LogP contribution < -0.4 is 4.74 Å². The smallest absolute Gasteiger partial charge is 0.408 e. The minimum Gasteiger partial charge on any atom is -0.496 e. The second-order valence-corrected chi connectivity index (χ2v) is 4.20. The van der Waals surface area contributed by atoms with Gasteiger partial charge >= 0.3 is 6.18 Å². The molecule has 0 aliphatic heterocycles. The number of rotatable bonds is 3. The highest BCUT2D eigenvalue weighted by Crippen LogP contribution is 2.32. The van der Waals surface area contributed by atoms with E-state index in [0.717, 1.165) is 15.8 Å². The van der Waals surface area contributed by atoms with Crippen molar-refractivity contribution in [3.8, 4) is 16.9 Å². The number of halogens is 3. The van der Waals surface area contributed by atoms with E-state index in [-0.39, 0.29) is 0 Å². The molecular formula is C13H13F3N2O. The van der Waals surface area contributed by atoms with Gasteiger partial charge in [-0.25, -0.2) is 0 Å². The van der Waals surface area contributed by atoms with E-state index in [2.05, 4.69) is 5.10 Å². The highest BCUT2D eigenvalue weighted by molar-refractivity contribution is 5.71. The summed E-state index contributed by atoms with van der Waals surface area (Å²) in [6, 6.07) is 5.50. The third-order valence-electron chi connectivity index (χ3n) is 2.70. The Hall–Kier alpha value is -1.98. The normalized spacial score (nSPS) is 11.6. The number of hydrogen-bond donors (Lipinski definition) is 0. The third kappa shape index (κ3) is 3.07. The fraction of sp³-hybridized carbons (Fsp3) is 0.308. The number of ether oxygens (including phenoxy) is 1. The molecule has 6 heteroatoms. The molecule has 2 rings (SSSR count). The first-order valence-corrected chi connectivity index (χ1v) is 5.64. The van der Waals surface area contributed by atoms with Gasteiger partial charge in [-0.05, 0) is 12.5 Å². The molecule has 0 radical (unpaired) electrons. The van der Waals surface area contributed by atoms with Crippen LogP contribution >= 0.6 is 0 Å². The van der Waals surface area contributed by atoms with Crippen LogP contribution in [0.2, 0.25) is 0 Å². The highest BCUT2D eigenvalue weighted by Gasteiger charge is 2.28. The maximum atomic E-state index is 12.3. The van der Waals surface area contributed by atoms with E-state index in [1.54, 1.807) is 6.07 Å². The Labute approximate surface area is 108 Å². The monoisotopic (exact) mass is 270 g/mol. The number of hydrogen-bond acceptors (Lipinski definition) is 2. The van der Waals surface area contributed by atoms with Crippen molar-refractivity contribution in [3.05, 3.63) is 36.2 Å². The maximum absolute atomic E-state index is 12.3. The Morgan fingerprint density at radius 3 is 2.68 bits per heavy atom. The molecule has 3 nitrogen and oxygen atoms in total. The first-order valence-electron chi connectivity index (χ1n) is 5.64. The molecule has 0 saturated heterocycles. The van der Waals surface area contributed by atoms with Gasteiger partial charge in [0, 0.05) is 17.3 Å². The third-order valence-corrected chi connectivity index (χ3v) is 2.70. The predicted molar refractivity (Wildman–Crippen MR) is 65.0 cm³/mol. The van der Waals surface area contributed by atoms with E-state index >= 15 is 0 Å². The summed E-state index contributed by atoms with van der Waals surface area (Å²) in [5, 5.41) is 3.72. The van der Waals surface area contributed by atoms with E-state index in [4.69, 9.17) is 4.74 Å². The molecular weight excluding hydrogens is 257 g/mol. The molecule has 0 fully saturated rings. The van der Waals surface area contributed by atoms with Crippen LogP contribution in [0.3, 0.4) is 0 Å². The van der Waals surface area contributed by atoms with Crippen LogP contribution in [0.1, 0.15) is 5.56 Å². The predicted octanol–water partition coefficient (Wildman–Crippen LogP) is 3.43. The molecule has 1 aromatic carbocycles. The molecule has 0 bridgehead atoms. The fourth-order valence-electron chi connectivity index (χ4n) is 1.92. The Balaban J connectivity index is 2.36. The number of aromatic nitrogens is 2. The van der Waals surface area contributed by atoms with Gasteiger partial charge < -0.3 is 4.74 Å². The molecule has 0 aliphatic rings. The Morgan fingerprint density at radius 1 is 1.32 bits per heavy atom. The molecule has 0 N–H and O–H groups in total. The lowest BCUT2D eigenvalue weighted by atomic mass is 10.1. The molecule has 102 valence electrons. The van der Waals surface area contributed by atoms with Gasteiger partial charge in [0.05, 0.1) is 13.3 Å². The van der Waals surface area contributed by atoms with Crippen molar-refractivity contribution in [2.75, 3.05) is 7.11 Å². The molecule has 19 heavy (non-hydrogen) atoms. The second kappa shape index (κ2) is 4.95. The van der Waals surface area contributed by atoms with Gasteiger partial charge in [-0.2, -0.15) is 18.3 Å². The van der Waals surface area contributed by atoms with Crippen LogP contribution in [0.25, 0.3) is 11.1 Å². The Kier molecular flexibility index (Phi) is 3.50. The minimum absolute atomic E-state index is 0.602. The molecule has 0 unspecified atom stereocenters. The van der Waals surface area contributed by atoms with Crippen molar-refractivity contribution in [1.82, 2.24) is 9.78 Å². The summed E-state index contributed by atoms with van der Waals surface area (Å²) in [5.74, 6) is 0.647. The van der Waals surface area contributed by atoms with Gasteiger partial charge in [0.25, 0.3) is 0 Å². The average Bonchev–Trinajstić information content (AvgIpc) is 2.74. The number of aryl methyl sites for hydroxylation is 1. The van der Waals surface area contributed by atoms with E-state index in [0.29, 0.717) is 11.3 Å². The van der Waals surface area contributed by atoms with E-state index in [1.807, 2.05) is 19.1 Å². The van der Waals surface area contributed by atoms with E-state index in [1.165, 1.54) is 19.5 Å². The summed E-state index contributed by atoms with van der Waals surface area (Å²) in [5.41, 5.74) is 2.25. The number of para-hydroxylation sites is 1. The number of methoxy groups -OCH3 is 1. The van der Waals surface area contributed by atoms with Crippen molar-refractivity contribution in [1.29, 1.82) is 0 Å². The van der Waals surface area contributed by atoms with Crippen LogP contribution in [0.4, 0.5) is 13.2 Å². The van der Waals surface area contributed by atoms with Gasteiger partial charge in [0.15, 0.2) is 0 Å². The van der Waals surface area contributed by atoms with Gasteiger partial charge in [0.1, 0.15) is 12.3 Å². The van der Waals surface area contributed by atoms with Crippen molar-refractivity contribution >= 4 is 0 Å². The zero-order valence-electron chi connectivity index (χ0n) is 10.5. The fourth-order valence-corrected chi connectivity index (χ4v) is 1.92. The van der Waals surface area contributed by atoms with Crippen LogP contribution in [-0.4, -0.2) is 23.1 Å². The molecule has 0 spiro atoms.